The van der Waals surface area contributed by atoms with Crippen LogP contribution in [0.1, 0.15) is 43.2 Å². The monoisotopic (exact) mass is 707 g/mol. The van der Waals surface area contributed by atoms with Crippen molar-refractivity contribution >= 4 is 21.9 Å². The molecule has 11 rings (SSSR count). The first-order valence-electron chi connectivity index (χ1n) is 19.4. The third kappa shape index (κ3) is 5.32. The predicted octanol–water partition coefficient (Wildman–Crippen LogP) is 13.3. The van der Waals surface area contributed by atoms with Crippen molar-refractivity contribution in [3.8, 4) is 67.5 Å². The normalized spacial score (nSPS) is 14.3. The average Bonchev–Trinajstić information content (AvgIpc) is 3.76. The number of aromatic nitrogens is 3. The average molecular weight is 708 g/mol. The smallest absolute Gasteiger partial charge is 0.164 e. The van der Waals surface area contributed by atoms with E-state index in [0.29, 0.717) is 17.5 Å². The van der Waals surface area contributed by atoms with Gasteiger partial charge in [-0.2, -0.15) is 0 Å². The van der Waals surface area contributed by atoms with Crippen molar-refractivity contribution in [1.82, 2.24) is 15.0 Å². The molecular formula is C51H37N3O. The molecule has 0 bridgehead atoms. The summed E-state index contributed by atoms with van der Waals surface area (Å²) >= 11 is 0. The summed E-state index contributed by atoms with van der Waals surface area (Å²) < 4.78 is 6.22. The number of furan rings is 1. The SMILES string of the molecule is c1ccc(-c2nc(-c3ccc(-c4cccc(-c5ccc6c(c5)C5(CCCCC5)c5ccccc5-6)c4)cc3)nc(-c3ccc4c(c3)oc3ccccc34)n2)cc1. The maximum absolute atomic E-state index is 6.22. The lowest BCUT2D eigenvalue weighted by Gasteiger charge is -2.36. The van der Waals surface area contributed by atoms with E-state index in [1.807, 2.05) is 54.6 Å². The summed E-state index contributed by atoms with van der Waals surface area (Å²) in [5.74, 6) is 1.87. The third-order valence-corrected chi connectivity index (χ3v) is 12.0. The van der Waals surface area contributed by atoms with Crippen molar-refractivity contribution in [3.05, 3.63) is 175 Å². The van der Waals surface area contributed by atoms with E-state index < -0.39 is 0 Å². The van der Waals surface area contributed by atoms with Gasteiger partial charge in [-0.15, -0.1) is 0 Å². The lowest BCUT2D eigenvalue weighted by Crippen LogP contribution is -2.28. The van der Waals surface area contributed by atoms with Crippen LogP contribution in [0.2, 0.25) is 0 Å². The van der Waals surface area contributed by atoms with Gasteiger partial charge in [0.1, 0.15) is 11.2 Å². The zero-order chi connectivity index (χ0) is 36.3. The van der Waals surface area contributed by atoms with Crippen molar-refractivity contribution in [2.24, 2.45) is 0 Å². The highest BCUT2D eigenvalue weighted by molar-refractivity contribution is 6.05. The molecule has 0 N–H and O–H groups in total. The van der Waals surface area contributed by atoms with Crippen LogP contribution in [0.4, 0.5) is 0 Å². The molecule has 55 heavy (non-hydrogen) atoms. The number of rotatable bonds is 5. The fourth-order valence-corrected chi connectivity index (χ4v) is 9.23. The van der Waals surface area contributed by atoms with Crippen LogP contribution in [0.15, 0.2) is 168 Å². The number of nitrogens with zero attached hydrogens (tertiary/aromatic N) is 3. The number of para-hydroxylation sites is 1. The van der Waals surface area contributed by atoms with Gasteiger partial charge in [0.05, 0.1) is 0 Å². The Balaban J connectivity index is 0.943. The Morgan fingerprint density at radius 1 is 0.364 bits per heavy atom. The van der Waals surface area contributed by atoms with Gasteiger partial charge in [0.2, 0.25) is 0 Å². The standard InChI is InChI=1S/C51H37N3O/c1-3-12-34(13-4-1)48-52-49(54-50(53-48)39-25-27-43-42-17-6-8-19-46(42)55-47(43)32-39)35-22-20-33(21-23-35)36-14-11-15-37(30-36)38-24-26-41-40-16-5-7-18-44(40)51(45(41)31-38)28-9-2-10-29-51/h1,3-8,11-27,30-32H,2,9-10,28-29H2. The lowest BCUT2D eigenvalue weighted by atomic mass is 9.67. The summed E-state index contributed by atoms with van der Waals surface area (Å²) in [5.41, 5.74) is 15.3. The first kappa shape index (κ1) is 31.8. The van der Waals surface area contributed by atoms with Crippen molar-refractivity contribution in [1.29, 1.82) is 0 Å². The van der Waals surface area contributed by atoms with Crippen LogP contribution in [-0.4, -0.2) is 15.0 Å². The van der Waals surface area contributed by atoms with Gasteiger partial charge in [0.15, 0.2) is 17.5 Å². The van der Waals surface area contributed by atoms with E-state index >= 15 is 0 Å². The maximum Gasteiger partial charge on any atom is 0.164 e. The molecule has 2 aliphatic carbocycles. The zero-order valence-electron chi connectivity index (χ0n) is 30.4. The molecule has 2 heterocycles. The van der Waals surface area contributed by atoms with Crippen LogP contribution in [0, 0.1) is 0 Å². The Labute approximate surface area is 320 Å². The Bertz CT molecular complexity index is 2900. The molecule has 1 fully saturated rings. The number of hydrogen-bond donors (Lipinski definition) is 0. The summed E-state index contributed by atoms with van der Waals surface area (Å²) in [6.07, 6.45) is 6.39. The molecule has 7 aromatic carbocycles. The fourth-order valence-electron chi connectivity index (χ4n) is 9.23. The van der Waals surface area contributed by atoms with Crippen molar-refractivity contribution in [2.75, 3.05) is 0 Å². The number of benzene rings is 7. The fraction of sp³-hybridized carbons (Fsp3) is 0.118. The number of hydrogen-bond acceptors (Lipinski definition) is 4. The molecule has 4 nitrogen and oxygen atoms in total. The minimum absolute atomic E-state index is 0.142. The van der Waals surface area contributed by atoms with Crippen LogP contribution in [0.5, 0.6) is 0 Å². The van der Waals surface area contributed by atoms with E-state index in [9.17, 15) is 0 Å². The van der Waals surface area contributed by atoms with Crippen molar-refractivity contribution in [2.45, 2.75) is 37.5 Å². The largest absolute Gasteiger partial charge is 0.456 e. The topological polar surface area (TPSA) is 51.8 Å². The summed E-state index contributed by atoms with van der Waals surface area (Å²) in [7, 11) is 0. The van der Waals surface area contributed by atoms with Gasteiger partial charge in [-0.3, -0.25) is 0 Å². The van der Waals surface area contributed by atoms with E-state index in [-0.39, 0.29) is 5.41 Å². The van der Waals surface area contributed by atoms with Crippen LogP contribution in [0.25, 0.3) is 89.5 Å². The van der Waals surface area contributed by atoms with Crippen LogP contribution in [-0.2, 0) is 5.41 Å². The molecule has 0 unspecified atom stereocenters. The van der Waals surface area contributed by atoms with E-state index in [0.717, 1.165) is 44.2 Å². The van der Waals surface area contributed by atoms with Crippen LogP contribution >= 0.6 is 0 Å². The molecule has 262 valence electrons. The molecule has 4 heteroatoms. The molecule has 0 saturated heterocycles. The summed E-state index contributed by atoms with van der Waals surface area (Å²) in [4.78, 5) is 15.0. The van der Waals surface area contributed by atoms with E-state index in [1.165, 1.54) is 71.0 Å². The second-order valence-corrected chi connectivity index (χ2v) is 15.1. The molecular weight excluding hydrogens is 671 g/mol. The molecule has 0 aliphatic heterocycles. The Morgan fingerprint density at radius 3 is 1.75 bits per heavy atom. The van der Waals surface area contributed by atoms with Gasteiger partial charge in [-0.1, -0.05) is 153 Å². The summed E-state index contributed by atoms with van der Waals surface area (Å²) in [6, 6.07) is 58.3. The van der Waals surface area contributed by atoms with Crippen LogP contribution < -0.4 is 0 Å². The number of fused-ring (bicyclic) bond motifs is 8. The molecule has 0 atom stereocenters. The molecule has 0 amide bonds. The highest BCUT2D eigenvalue weighted by Gasteiger charge is 2.43. The molecule has 1 saturated carbocycles. The van der Waals surface area contributed by atoms with Gasteiger partial charge in [0.25, 0.3) is 0 Å². The molecule has 2 aromatic heterocycles. The van der Waals surface area contributed by atoms with Gasteiger partial charge in [0, 0.05) is 32.9 Å². The van der Waals surface area contributed by atoms with Gasteiger partial charge >= 0.3 is 0 Å². The van der Waals surface area contributed by atoms with Gasteiger partial charge < -0.3 is 4.42 Å². The molecule has 2 aliphatic rings. The Hall–Kier alpha value is -6.65. The molecule has 0 radical (unpaired) electrons. The molecule has 9 aromatic rings. The van der Waals surface area contributed by atoms with Gasteiger partial charge in [-0.05, 0) is 87.7 Å². The highest BCUT2D eigenvalue weighted by Crippen LogP contribution is 2.56. The minimum Gasteiger partial charge on any atom is -0.456 e. The summed E-state index contributed by atoms with van der Waals surface area (Å²) in [6.45, 7) is 0. The third-order valence-electron chi connectivity index (χ3n) is 12.0. The van der Waals surface area contributed by atoms with Crippen LogP contribution in [0.3, 0.4) is 0 Å². The second kappa shape index (κ2) is 12.7. The summed E-state index contributed by atoms with van der Waals surface area (Å²) in [5, 5.41) is 2.17. The first-order valence-corrected chi connectivity index (χ1v) is 19.4. The van der Waals surface area contributed by atoms with E-state index in [4.69, 9.17) is 19.4 Å². The molecule has 1 spiro atoms. The maximum atomic E-state index is 6.22. The zero-order valence-corrected chi connectivity index (χ0v) is 30.4. The van der Waals surface area contributed by atoms with Gasteiger partial charge in [-0.25, -0.2) is 15.0 Å². The Kier molecular flexibility index (Phi) is 7.38. The highest BCUT2D eigenvalue weighted by atomic mass is 16.3. The first-order chi connectivity index (χ1) is 27.2. The Morgan fingerprint density at radius 2 is 0.927 bits per heavy atom. The lowest BCUT2D eigenvalue weighted by molar-refractivity contribution is 0.353. The predicted molar refractivity (Wildman–Crippen MR) is 224 cm³/mol. The second-order valence-electron chi connectivity index (χ2n) is 15.1. The van der Waals surface area contributed by atoms with Crippen molar-refractivity contribution in [3.63, 3.8) is 0 Å². The van der Waals surface area contributed by atoms with E-state index in [1.54, 1.807) is 0 Å². The quantitative estimate of drug-likeness (QED) is 0.179. The van der Waals surface area contributed by atoms with Crippen molar-refractivity contribution < 1.29 is 4.42 Å². The van der Waals surface area contributed by atoms with E-state index in [2.05, 4.69) is 109 Å². The minimum atomic E-state index is 0.142.